The van der Waals surface area contributed by atoms with Crippen molar-refractivity contribution in [2.75, 3.05) is 7.05 Å². The zero-order chi connectivity index (χ0) is 14.1. The van der Waals surface area contributed by atoms with Gasteiger partial charge in [-0.15, -0.1) is 0 Å². The number of carbonyl (C=O) groups is 2. The summed E-state index contributed by atoms with van der Waals surface area (Å²) < 4.78 is 0. The van der Waals surface area contributed by atoms with Crippen LogP contribution in [0.15, 0.2) is 0 Å². The third kappa shape index (κ3) is 6.59. The molecule has 106 valence electrons. The van der Waals surface area contributed by atoms with Crippen LogP contribution in [-0.4, -0.2) is 35.2 Å². The van der Waals surface area contributed by atoms with Crippen molar-refractivity contribution in [3.05, 3.63) is 0 Å². The van der Waals surface area contributed by atoms with Gasteiger partial charge in [0.1, 0.15) is 0 Å². The summed E-state index contributed by atoms with van der Waals surface area (Å²) in [7, 11) is 2.07. The van der Waals surface area contributed by atoms with Crippen molar-refractivity contribution in [1.82, 2.24) is 5.32 Å². The highest BCUT2D eigenvalue weighted by molar-refractivity contribution is 5.93. The van der Waals surface area contributed by atoms with Gasteiger partial charge in [0, 0.05) is 6.04 Å². The second-order valence-corrected chi connectivity index (χ2v) is 5.02. The number of nitrogens with one attached hydrogen (secondary N) is 1. The molecule has 0 aromatic carbocycles. The summed E-state index contributed by atoms with van der Waals surface area (Å²) in [5, 5.41) is 20.0. The molecule has 0 saturated heterocycles. The second kappa shape index (κ2) is 8.91. The lowest BCUT2D eigenvalue weighted by Gasteiger charge is -2.20. The van der Waals surface area contributed by atoms with Crippen LogP contribution in [0.3, 0.4) is 0 Å². The van der Waals surface area contributed by atoms with E-state index in [2.05, 4.69) is 12.4 Å². The van der Waals surface area contributed by atoms with Crippen molar-refractivity contribution in [2.24, 2.45) is 11.8 Å². The largest absolute Gasteiger partial charge is 0.481 e. The zero-order valence-corrected chi connectivity index (χ0v) is 11.5. The van der Waals surface area contributed by atoms with Gasteiger partial charge in [-0.05, 0) is 25.8 Å². The molecule has 1 saturated carbocycles. The van der Waals surface area contributed by atoms with Crippen LogP contribution in [0.5, 0.6) is 0 Å². The highest BCUT2D eigenvalue weighted by atomic mass is 16.4. The van der Waals surface area contributed by atoms with Crippen LogP contribution >= 0.6 is 0 Å². The Bertz CT molecular complexity index is 246. The van der Waals surface area contributed by atoms with Gasteiger partial charge in [-0.3, -0.25) is 9.59 Å². The highest BCUT2D eigenvalue weighted by Gasteiger charge is 2.28. The first-order chi connectivity index (χ1) is 8.40. The fourth-order valence-corrected chi connectivity index (χ4v) is 2.07. The molecule has 1 rings (SSSR count). The van der Waals surface area contributed by atoms with E-state index < -0.39 is 17.9 Å². The summed E-state index contributed by atoms with van der Waals surface area (Å²) in [4.78, 5) is 20.4. The van der Waals surface area contributed by atoms with E-state index in [0.717, 1.165) is 6.04 Å². The van der Waals surface area contributed by atoms with Crippen LogP contribution < -0.4 is 5.32 Å². The minimum atomic E-state index is -1.28. The SMILES string of the molecule is CC(C)C(C(=O)O)C(=O)O.CNC1CCCCC1. The van der Waals surface area contributed by atoms with E-state index >= 15 is 0 Å². The van der Waals surface area contributed by atoms with E-state index in [1.54, 1.807) is 13.8 Å². The molecule has 0 radical (unpaired) electrons. The number of rotatable bonds is 4. The Morgan fingerprint density at radius 3 is 1.67 bits per heavy atom. The lowest BCUT2D eigenvalue weighted by atomic mass is 9.96. The van der Waals surface area contributed by atoms with Gasteiger partial charge in [-0.2, -0.15) is 0 Å². The van der Waals surface area contributed by atoms with E-state index in [0.29, 0.717) is 0 Å². The van der Waals surface area contributed by atoms with Crippen molar-refractivity contribution in [3.63, 3.8) is 0 Å². The lowest BCUT2D eigenvalue weighted by Crippen LogP contribution is -2.28. The van der Waals surface area contributed by atoms with E-state index in [9.17, 15) is 9.59 Å². The molecule has 3 N–H and O–H groups in total. The molecule has 5 nitrogen and oxygen atoms in total. The molecule has 0 spiro atoms. The quantitative estimate of drug-likeness (QED) is 0.672. The van der Waals surface area contributed by atoms with Crippen LogP contribution in [0.4, 0.5) is 0 Å². The van der Waals surface area contributed by atoms with E-state index in [1.807, 2.05) is 0 Å². The normalized spacial score (nSPS) is 16.3. The molecular formula is C13H25NO4. The van der Waals surface area contributed by atoms with Crippen LogP contribution in [0.1, 0.15) is 46.0 Å². The topological polar surface area (TPSA) is 86.6 Å². The first kappa shape index (κ1) is 16.9. The smallest absolute Gasteiger partial charge is 0.318 e. The Balaban J connectivity index is 0.000000327. The molecule has 1 fully saturated rings. The number of hydrogen-bond acceptors (Lipinski definition) is 3. The van der Waals surface area contributed by atoms with Crippen molar-refractivity contribution in [3.8, 4) is 0 Å². The number of hydrogen-bond donors (Lipinski definition) is 3. The van der Waals surface area contributed by atoms with Crippen molar-refractivity contribution in [1.29, 1.82) is 0 Å². The molecule has 0 atom stereocenters. The van der Waals surface area contributed by atoms with Gasteiger partial charge in [0.15, 0.2) is 5.92 Å². The molecule has 0 amide bonds. The third-order valence-corrected chi connectivity index (χ3v) is 3.21. The maximum Gasteiger partial charge on any atom is 0.318 e. The Morgan fingerprint density at radius 2 is 1.50 bits per heavy atom. The highest BCUT2D eigenvalue weighted by Crippen LogP contribution is 2.16. The predicted octanol–water partition coefficient (Wildman–Crippen LogP) is 1.97. The first-order valence-corrected chi connectivity index (χ1v) is 6.53. The monoisotopic (exact) mass is 259 g/mol. The zero-order valence-electron chi connectivity index (χ0n) is 11.5. The van der Waals surface area contributed by atoms with Gasteiger partial charge in [-0.1, -0.05) is 33.1 Å². The molecule has 1 aliphatic rings. The summed E-state index contributed by atoms with van der Waals surface area (Å²) in [6.07, 6.45) is 7.13. The maximum absolute atomic E-state index is 10.2. The van der Waals surface area contributed by atoms with Crippen LogP contribution in [0.25, 0.3) is 0 Å². The van der Waals surface area contributed by atoms with Gasteiger partial charge in [-0.25, -0.2) is 0 Å². The first-order valence-electron chi connectivity index (χ1n) is 6.53. The Morgan fingerprint density at radius 1 is 1.06 bits per heavy atom. The van der Waals surface area contributed by atoms with E-state index in [1.165, 1.54) is 32.1 Å². The lowest BCUT2D eigenvalue weighted by molar-refractivity contribution is -0.156. The summed E-state index contributed by atoms with van der Waals surface area (Å²) in [5.41, 5.74) is 0. The van der Waals surface area contributed by atoms with Crippen molar-refractivity contribution < 1.29 is 19.8 Å². The average molecular weight is 259 g/mol. The molecular weight excluding hydrogens is 234 g/mol. The van der Waals surface area contributed by atoms with Crippen LogP contribution in [-0.2, 0) is 9.59 Å². The summed E-state index contributed by atoms with van der Waals surface area (Å²) >= 11 is 0. The number of carboxylic acids is 2. The molecule has 18 heavy (non-hydrogen) atoms. The molecule has 1 aliphatic carbocycles. The maximum atomic E-state index is 10.2. The molecule has 0 unspecified atom stereocenters. The summed E-state index contributed by atoms with van der Waals surface area (Å²) in [6, 6.07) is 0.837. The predicted molar refractivity (Wildman–Crippen MR) is 69.5 cm³/mol. The van der Waals surface area contributed by atoms with Gasteiger partial charge < -0.3 is 15.5 Å². The van der Waals surface area contributed by atoms with Crippen molar-refractivity contribution >= 4 is 11.9 Å². The molecule has 0 aliphatic heterocycles. The Labute approximate surface area is 109 Å². The summed E-state index contributed by atoms with van der Waals surface area (Å²) in [5.74, 6) is -4.19. The molecule has 0 heterocycles. The third-order valence-electron chi connectivity index (χ3n) is 3.21. The summed E-state index contributed by atoms with van der Waals surface area (Å²) in [6.45, 7) is 3.12. The van der Waals surface area contributed by atoms with Gasteiger partial charge in [0.25, 0.3) is 0 Å². The van der Waals surface area contributed by atoms with Crippen LogP contribution in [0.2, 0.25) is 0 Å². The van der Waals surface area contributed by atoms with Crippen molar-refractivity contribution in [2.45, 2.75) is 52.0 Å². The van der Waals surface area contributed by atoms with E-state index in [4.69, 9.17) is 10.2 Å². The Kier molecular flexibility index (Phi) is 8.37. The minimum Gasteiger partial charge on any atom is -0.481 e. The fraction of sp³-hybridized carbons (Fsp3) is 0.846. The number of carboxylic acid groups (broad SMARTS) is 2. The molecule has 5 heteroatoms. The van der Waals surface area contributed by atoms with Gasteiger partial charge in [0.05, 0.1) is 0 Å². The fourth-order valence-electron chi connectivity index (χ4n) is 2.07. The molecule has 0 aromatic heterocycles. The Hall–Kier alpha value is -1.10. The standard InChI is InChI=1S/C7H15N.C6H10O4/c1-8-7-5-3-2-4-6-7;1-3(2)4(5(7)8)6(9)10/h7-8H,2-6H2,1H3;3-4H,1-2H3,(H,7,8)(H,9,10). The number of aliphatic carboxylic acids is 2. The van der Waals surface area contributed by atoms with E-state index in [-0.39, 0.29) is 5.92 Å². The minimum absolute atomic E-state index is 0.366. The molecule has 0 bridgehead atoms. The van der Waals surface area contributed by atoms with Crippen LogP contribution in [0, 0.1) is 11.8 Å². The van der Waals surface area contributed by atoms with Gasteiger partial charge in [0.2, 0.25) is 0 Å². The van der Waals surface area contributed by atoms with Gasteiger partial charge >= 0.3 is 11.9 Å². The second-order valence-electron chi connectivity index (χ2n) is 5.02. The molecule has 0 aromatic rings. The average Bonchev–Trinajstić information content (AvgIpc) is 2.29.